The summed E-state index contributed by atoms with van der Waals surface area (Å²) in [4.78, 5) is 2.33. The summed E-state index contributed by atoms with van der Waals surface area (Å²) in [7, 11) is 0. The van der Waals surface area contributed by atoms with Crippen LogP contribution in [0.1, 0.15) is 18.0 Å². The first-order valence-electron chi connectivity index (χ1n) is 6.89. The number of alkyl halides is 1. The van der Waals surface area contributed by atoms with E-state index < -0.39 is 0 Å². The molecule has 3 rings (SSSR count). The van der Waals surface area contributed by atoms with E-state index in [4.69, 9.17) is 9.47 Å². The van der Waals surface area contributed by atoms with Gasteiger partial charge in [0, 0.05) is 36.7 Å². The van der Waals surface area contributed by atoms with Crippen molar-refractivity contribution in [1.29, 1.82) is 0 Å². The molecular formula is C14H19BrClFN2O2. The Hall–Kier alpha value is -0.560. The average molecular weight is 382 g/mol. The molecule has 0 aliphatic carbocycles. The molecule has 7 heteroatoms. The van der Waals surface area contributed by atoms with Crippen molar-refractivity contribution >= 4 is 28.3 Å². The van der Waals surface area contributed by atoms with Gasteiger partial charge in [0.1, 0.15) is 0 Å². The first kappa shape index (κ1) is 16.8. The number of halogens is 3. The third-order valence-corrected chi connectivity index (χ3v) is 4.51. The lowest BCUT2D eigenvalue weighted by molar-refractivity contribution is 0.156. The van der Waals surface area contributed by atoms with Crippen LogP contribution < -0.4 is 14.8 Å². The van der Waals surface area contributed by atoms with E-state index in [0.717, 1.165) is 47.7 Å². The zero-order chi connectivity index (χ0) is 13.9. The number of rotatable bonds is 4. The summed E-state index contributed by atoms with van der Waals surface area (Å²) in [6.07, 6.45) is 0.498. The van der Waals surface area contributed by atoms with Gasteiger partial charge in [0.2, 0.25) is 6.79 Å². The Morgan fingerprint density at radius 1 is 1.24 bits per heavy atom. The van der Waals surface area contributed by atoms with Crippen molar-refractivity contribution in [3.63, 3.8) is 0 Å². The van der Waals surface area contributed by atoms with Crippen molar-refractivity contribution in [3.8, 4) is 11.5 Å². The maximum atomic E-state index is 13.0. The minimum atomic E-state index is -0.324. The van der Waals surface area contributed by atoms with E-state index in [0.29, 0.717) is 6.42 Å². The summed E-state index contributed by atoms with van der Waals surface area (Å²) in [5.41, 5.74) is 1.08. The molecule has 0 bridgehead atoms. The van der Waals surface area contributed by atoms with Gasteiger partial charge in [0.25, 0.3) is 0 Å². The van der Waals surface area contributed by atoms with Gasteiger partial charge in [-0.1, -0.05) is 15.9 Å². The quantitative estimate of drug-likeness (QED) is 0.869. The Morgan fingerprint density at radius 3 is 2.57 bits per heavy atom. The van der Waals surface area contributed by atoms with Gasteiger partial charge < -0.3 is 14.8 Å². The van der Waals surface area contributed by atoms with Crippen LogP contribution in [0.2, 0.25) is 0 Å². The fourth-order valence-electron chi connectivity index (χ4n) is 2.82. The summed E-state index contributed by atoms with van der Waals surface area (Å²) in [5.74, 6) is 1.50. The van der Waals surface area contributed by atoms with Crippen LogP contribution in [0.3, 0.4) is 0 Å². The van der Waals surface area contributed by atoms with Crippen LogP contribution in [-0.4, -0.2) is 44.5 Å². The fraction of sp³-hybridized carbons (Fsp3) is 0.571. The predicted molar refractivity (Wildman–Crippen MR) is 85.3 cm³/mol. The lowest BCUT2D eigenvalue weighted by atomic mass is 10.0. The van der Waals surface area contributed by atoms with E-state index in [1.165, 1.54) is 0 Å². The van der Waals surface area contributed by atoms with Crippen molar-refractivity contribution in [2.75, 3.05) is 39.6 Å². The van der Waals surface area contributed by atoms with Crippen LogP contribution in [0, 0.1) is 0 Å². The van der Waals surface area contributed by atoms with Crippen LogP contribution in [0.15, 0.2) is 16.6 Å². The second-order valence-electron chi connectivity index (χ2n) is 5.01. The first-order valence-corrected chi connectivity index (χ1v) is 7.68. The maximum Gasteiger partial charge on any atom is 0.231 e. The molecule has 21 heavy (non-hydrogen) atoms. The smallest absolute Gasteiger partial charge is 0.231 e. The maximum absolute atomic E-state index is 13.0. The molecule has 0 saturated carbocycles. The first-order chi connectivity index (χ1) is 9.79. The van der Waals surface area contributed by atoms with Crippen LogP contribution in [0.25, 0.3) is 0 Å². The molecule has 1 saturated heterocycles. The van der Waals surface area contributed by atoms with Gasteiger partial charge in [-0.3, -0.25) is 9.29 Å². The molecule has 118 valence electrons. The second kappa shape index (κ2) is 7.63. The van der Waals surface area contributed by atoms with E-state index in [1.54, 1.807) is 0 Å². The molecule has 0 amide bonds. The zero-order valence-electron chi connectivity index (χ0n) is 11.6. The molecule has 0 aromatic heterocycles. The van der Waals surface area contributed by atoms with Gasteiger partial charge in [0.05, 0.1) is 6.67 Å². The number of fused-ring (bicyclic) bond motifs is 1. The van der Waals surface area contributed by atoms with Crippen molar-refractivity contribution in [2.24, 2.45) is 0 Å². The number of piperazine rings is 1. The highest BCUT2D eigenvalue weighted by Gasteiger charge is 2.26. The molecule has 4 nitrogen and oxygen atoms in total. The minimum absolute atomic E-state index is 0. The highest BCUT2D eigenvalue weighted by Crippen LogP contribution is 2.41. The molecule has 2 aliphatic rings. The normalized spacial score (nSPS) is 19.1. The Labute approximate surface area is 138 Å². The SMILES string of the molecule is Cl.FCC[C@H](c1cc2c(cc1Br)OCO2)N1CCNCC1. The summed E-state index contributed by atoms with van der Waals surface area (Å²) >= 11 is 3.59. The molecule has 1 aromatic carbocycles. The van der Waals surface area contributed by atoms with Gasteiger partial charge in [-0.2, -0.15) is 0 Å². The Kier molecular flexibility index (Phi) is 6.10. The topological polar surface area (TPSA) is 33.7 Å². The second-order valence-corrected chi connectivity index (χ2v) is 5.86. The number of ether oxygens (including phenoxy) is 2. The number of hydrogen-bond acceptors (Lipinski definition) is 4. The number of hydrogen-bond donors (Lipinski definition) is 1. The number of benzene rings is 1. The van der Waals surface area contributed by atoms with E-state index in [1.807, 2.05) is 12.1 Å². The van der Waals surface area contributed by atoms with Crippen molar-refractivity contribution in [3.05, 3.63) is 22.2 Å². The van der Waals surface area contributed by atoms with Crippen molar-refractivity contribution in [1.82, 2.24) is 10.2 Å². The third kappa shape index (κ3) is 3.62. The molecule has 0 radical (unpaired) electrons. The van der Waals surface area contributed by atoms with Crippen LogP contribution in [0.4, 0.5) is 4.39 Å². The Morgan fingerprint density at radius 2 is 1.90 bits per heavy atom. The van der Waals surface area contributed by atoms with Gasteiger partial charge in [-0.05, 0) is 24.1 Å². The monoisotopic (exact) mass is 380 g/mol. The molecule has 1 N–H and O–H groups in total. The standard InChI is InChI=1S/C14H18BrFN2O2.ClH/c15-11-8-14-13(19-9-20-14)7-10(11)12(1-2-16)18-5-3-17-4-6-18;/h7-8,12,17H,1-6,9H2;1H/t12-;/m1./s1. The third-order valence-electron chi connectivity index (χ3n) is 3.83. The summed E-state index contributed by atoms with van der Waals surface area (Å²) in [6.45, 7) is 3.70. The van der Waals surface area contributed by atoms with Crippen molar-refractivity contribution < 1.29 is 13.9 Å². The fourth-order valence-corrected chi connectivity index (χ4v) is 3.41. The molecule has 2 aliphatic heterocycles. The average Bonchev–Trinajstić information content (AvgIpc) is 2.92. The van der Waals surface area contributed by atoms with E-state index in [9.17, 15) is 4.39 Å². The predicted octanol–water partition coefficient (Wildman–Crippen LogP) is 2.91. The largest absolute Gasteiger partial charge is 0.454 e. The number of nitrogens with zero attached hydrogens (tertiary/aromatic N) is 1. The van der Waals surface area contributed by atoms with Crippen LogP contribution >= 0.6 is 28.3 Å². The zero-order valence-corrected chi connectivity index (χ0v) is 14.0. The molecule has 1 aromatic rings. The lowest BCUT2D eigenvalue weighted by Crippen LogP contribution is -2.45. The molecular weight excluding hydrogens is 363 g/mol. The minimum Gasteiger partial charge on any atom is -0.454 e. The van der Waals surface area contributed by atoms with Crippen LogP contribution in [0.5, 0.6) is 11.5 Å². The molecule has 1 fully saturated rings. The van der Waals surface area contributed by atoms with Gasteiger partial charge in [-0.25, -0.2) is 0 Å². The summed E-state index contributed by atoms with van der Waals surface area (Å²) < 4.78 is 24.7. The van der Waals surface area contributed by atoms with Crippen LogP contribution in [-0.2, 0) is 0 Å². The molecule has 1 atom stereocenters. The summed E-state index contributed by atoms with van der Waals surface area (Å²) in [5, 5.41) is 3.33. The molecule has 0 unspecified atom stereocenters. The van der Waals surface area contributed by atoms with Gasteiger partial charge in [0.15, 0.2) is 11.5 Å². The van der Waals surface area contributed by atoms with Gasteiger partial charge >= 0.3 is 0 Å². The molecule has 0 spiro atoms. The van der Waals surface area contributed by atoms with Gasteiger partial charge in [-0.15, -0.1) is 12.4 Å². The highest BCUT2D eigenvalue weighted by molar-refractivity contribution is 9.10. The van der Waals surface area contributed by atoms with E-state index in [-0.39, 0.29) is 31.9 Å². The lowest BCUT2D eigenvalue weighted by Gasteiger charge is -2.35. The Bertz CT molecular complexity index is 486. The Balaban J connectivity index is 0.00000161. The summed E-state index contributed by atoms with van der Waals surface area (Å²) in [6, 6.07) is 3.98. The van der Waals surface area contributed by atoms with Crippen molar-refractivity contribution in [2.45, 2.75) is 12.5 Å². The highest BCUT2D eigenvalue weighted by atomic mass is 79.9. The van der Waals surface area contributed by atoms with E-state index >= 15 is 0 Å². The number of nitrogens with one attached hydrogen (secondary N) is 1. The molecule has 2 heterocycles. The van der Waals surface area contributed by atoms with E-state index in [2.05, 4.69) is 26.1 Å².